The van der Waals surface area contributed by atoms with Gasteiger partial charge in [-0.2, -0.15) is 0 Å². The summed E-state index contributed by atoms with van der Waals surface area (Å²) in [7, 11) is 0. The number of anilines is 1. The van der Waals surface area contributed by atoms with Crippen LogP contribution in [-0.2, 0) is 17.8 Å². The van der Waals surface area contributed by atoms with Gasteiger partial charge in [0.05, 0.1) is 17.7 Å². The summed E-state index contributed by atoms with van der Waals surface area (Å²) in [6, 6.07) is 6.07. The zero-order valence-electron chi connectivity index (χ0n) is 15.8. The number of carbonyl (C=O) groups excluding carboxylic acids is 2. The number of rotatable bonds is 5. The highest BCUT2D eigenvalue weighted by Crippen LogP contribution is 2.36. The SMILES string of the molecule is O=C(O)c1scc2c1C(=O)N(c1cc(OCc3c(Cl)cccc3Cl)c(F)cc1F)C(=O)C2. The van der Waals surface area contributed by atoms with E-state index in [1.165, 1.54) is 5.38 Å². The van der Waals surface area contributed by atoms with E-state index < -0.39 is 40.9 Å². The minimum Gasteiger partial charge on any atom is -0.486 e. The van der Waals surface area contributed by atoms with Gasteiger partial charge >= 0.3 is 5.97 Å². The van der Waals surface area contributed by atoms with E-state index in [0.717, 1.165) is 17.4 Å². The van der Waals surface area contributed by atoms with Gasteiger partial charge in [0.15, 0.2) is 17.4 Å². The number of carboxylic acid groups (broad SMARTS) is 1. The van der Waals surface area contributed by atoms with Crippen molar-refractivity contribution in [3.05, 3.63) is 79.0 Å². The largest absolute Gasteiger partial charge is 0.486 e. The first-order valence-corrected chi connectivity index (χ1v) is 10.6. The lowest BCUT2D eigenvalue weighted by Crippen LogP contribution is -2.43. The number of amides is 2. The van der Waals surface area contributed by atoms with Gasteiger partial charge < -0.3 is 9.84 Å². The number of benzene rings is 2. The Morgan fingerprint density at radius 3 is 2.50 bits per heavy atom. The number of imide groups is 1. The van der Waals surface area contributed by atoms with E-state index in [1.54, 1.807) is 18.2 Å². The van der Waals surface area contributed by atoms with Crippen LogP contribution in [0.1, 0.15) is 31.2 Å². The number of carbonyl (C=O) groups is 3. The third kappa shape index (κ3) is 3.83. The molecule has 164 valence electrons. The van der Waals surface area contributed by atoms with Crippen molar-refractivity contribution in [2.24, 2.45) is 0 Å². The zero-order chi connectivity index (χ0) is 23.2. The second kappa shape index (κ2) is 8.50. The van der Waals surface area contributed by atoms with Gasteiger partial charge in [0.2, 0.25) is 5.91 Å². The highest BCUT2D eigenvalue weighted by molar-refractivity contribution is 7.12. The first kappa shape index (κ1) is 22.2. The topological polar surface area (TPSA) is 83.9 Å². The molecule has 0 saturated heterocycles. The Balaban J connectivity index is 1.71. The minimum absolute atomic E-state index is 0.198. The standard InChI is InChI=1S/C21H11Cl2F2NO5S/c22-11-2-1-3-12(23)10(11)7-31-16-6-15(13(24)5-14(16)25)26-17(27)4-9-8-32-19(21(29)30)18(9)20(26)28/h1-3,5-6,8H,4,7H2,(H,29,30). The summed E-state index contributed by atoms with van der Waals surface area (Å²) < 4.78 is 34.4. The summed E-state index contributed by atoms with van der Waals surface area (Å²) in [5.41, 5.74) is -0.155. The van der Waals surface area contributed by atoms with Crippen molar-refractivity contribution in [1.82, 2.24) is 0 Å². The smallest absolute Gasteiger partial charge is 0.346 e. The van der Waals surface area contributed by atoms with Crippen LogP contribution in [0.25, 0.3) is 0 Å². The first-order valence-electron chi connectivity index (χ1n) is 8.94. The molecule has 0 spiro atoms. The van der Waals surface area contributed by atoms with Crippen LogP contribution in [0.5, 0.6) is 5.75 Å². The van der Waals surface area contributed by atoms with Gasteiger partial charge in [-0.05, 0) is 23.1 Å². The van der Waals surface area contributed by atoms with Crippen molar-refractivity contribution in [3.63, 3.8) is 0 Å². The fourth-order valence-corrected chi connectivity index (χ4v) is 4.65. The summed E-state index contributed by atoms with van der Waals surface area (Å²) >= 11 is 12.9. The van der Waals surface area contributed by atoms with Crippen molar-refractivity contribution in [1.29, 1.82) is 0 Å². The molecule has 32 heavy (non-hydrogen) atoms. The van der Waals surface area contributed by atoms with E-state index in [9.17, 15) is 28.3 Å². The summed E-state index contributed by atoms with van der Waals surface area (Å²) in [6.45, 7) is -0.264. The molecule has 4 rings (SSSR count). The molecule has 2 heterocycles. The van der Waals surface area contributed by atoms with E-state index in [2.05, 4.69) is 0 Å². The summed E-state index contributed by atoms with van der Waals surface area (Å²) in [4.78, 5) is 37.2. The van der Waals surface area contributed by atoms with E-state index in [-0.39, 0.29) is 39.1 Å². The van der Waals surface area contributed by atoms with Gasteiger partial charge in [0, 0.05) is 27.7 Å². The van der Waals surface area contributed by atoms with Crippen LogP contribution in [0.4, 0.5) is 14.5 Å². The van der Waals surface area contributed by atoms with Gasteiger partial charge in [-0.1, -0.05) is 29.3 Å². The average molecular weight is 498 g/mol. The molecular weight excluding hydrogens is 487 g/mol. The maximum atomic E-state index is 14.6. The maximum Gasteiger partial charge on any atom is 0.346 e. The van der Waals surface area contributed by atoms with Crippen LogP contribution in [-0.4, -0.2) is 22.9 Å². The molecule has 6 nitrogen and oxygen atoms in total. The number of aromatic carboxylic acids is 1. The Bertz CT molecular complexity index is 1270. The lowest BCUT2D eigenvalue weighted by Gasteiger charge is -2.26. The molecule has 0 unspecified atom stereocenters. The van der Waals surface area contributed by atoms with Crippen LogP contribution >= 0.6 is 34.5 Å². The normalized spacial score (nSPS) is 13.3. The number of halogens is 4. The average Bonchev–Trinajstić information content (AvgIpc) is 3.14. The molecule has 0 aliphatic carbocycles. The summed E-state index contributed by atoms with van der Waals surface area (Å²) in [5.74, 6) is -5.87. The van der Waals surface area contributed by atoms with Crippen molar-refractivity contribution >= 4 is 58.0 Å². The van der Waals surface area contributed by atoms with Crippen LogP contribution in [0, 0.1) is 11.6 Å². The third-order valence-electron chi connectivity index (χ3n) is 4.75. The molecular formula is C21H11Cl2F2NO5S. The van der Waals surface area contributed by atoms with E-state index >= 15 is 0 Å². The lowest BCUT2D eigenvalue weighted by molar-refractivity contribution is -0.117. The second-order valence-corrected chi connectivity index (χ2v) is 8.40. The summed E-state index contributed by atoms with van der Waals surface area (Å²) in [5, 5.41) is 11.3. The fraction of sp³-hybridized carbons (Fsp3) is 0.0952. The number of nitrogens with zero attached hydrogens (tertiary/aromatic N) is 1. The van der Waals surface area contributed by atoms with Gasteiger partial charge in [-0.15, -0.1) is 11.3 Å². The molecule has 1 aromatic heterocycles. The molecule has 0 saturated carbocycles. The fourth-order valence-electron chi connectivity index (χ4n) is 3.25. The van der Waals surface area contributed by atoms with E-state index in [0.29, 0.717) is 16.5 Å². The Hall–Kier alpha value is -3.01. The Kier molecular flexibility index (Phi) is 5.89. The maximum absolute atomic E-state index is 14.6. The lowest BCUT2D eigenvalue weighted by atomic mass is 10.0. The number of hydrogen-bond acceptors (Lipinski definition) is 5. The number of ether oxygens (including phenoxy) is 1. The van der Waals surface area contributed by atoms with Gasteiger partial charge in [0.1, 0.15) is 11.5 Å². The Labute approximate surface area is 193 Å². The molecule has 2 amide bonds. The Morgan fingerprint density at radius 2 is 1.84 bits per heavy atom. The molecule has 0 bridgehead atoms. The summed E-state index contributed by atoms with van der Waals surface area (Å²) in [6.07, 6.45) is -0.312. The number of fused-ring (bicyclic) bond motifs is 1. The van der Waals surface area contributed by atoms with E-state index in [1.807, 2.05) is 0 Å². The molecule has 1 aliphatic rings. The van der Waals surface area contributed by atoms with Crippen molar-refractivity contribution < 1.29 is 33.0 Å². The quantitative estimate of drug-likeness (QED) is 0.481. The molecule has 0 fully saturated rings. The number of hydrogen-bond donors (Lipinski definition) is 1. The van der Waals surface area contributed by atoms with Crippen molar-refractivity contribution in [2.75, 3.05) is 4.90 Å². The molecule has 1 N–H and O–H groups in total. The molecule has 0 atom stereocenters. The van der Waals surface area contributed by atoms with E-state index in [4.69, 9.17) is 27.9 Å². The first-order chi connectivity index (χ1) is 15.2. The van der Waals surface area contributed by atoms with Gasteiger partial charge in [-0.3, -0.25) is 9.59 Å². The van der Waals surface area contributed by atoms with Crippen molar-refractivity contribution in [3.8, 4) is 5.75 Å². The second-order valence-electron chi connectivity index (χ2n) is 6.70. The number of thiophene rings is 1. The molecule has 1 aliphatic heterocycles. The molecule has 0 radical (unpaired) electrons. The Morgan fingerprint density at radius 1 is 1.16 bits per heavy atom. The monoisotopic (exact) mass is 497 g/mol. The van der Waals surface area contributed by atoms with Crippen LogP contribution in [0.2, 0.25) is 10.0 Å². The van der Waals surface area contributed by atoms with Gasteiger partial charge in [0.25, 0.3) is 5.91 Å². The van der Waals surface area contributed by atoms with Crippen LogP contribution in [0.15, 0.2) is 35.7 Å². The highest BCUT2D eigenvalue weighted by Gasteiger charge is 2.38. The molecule has 3 aromatic rings. The zero-order valence-corrected chi connectivity index (χ0v) is 18.2. The predicted octanol–water partition coefficient (Wildman–Crippen LogP) is 5.34. The molecule has 11 heteroatoms. The highest BCUT2D eigenvalue weighted by atomic mass is 35.5. The number of carboxylic acids is 1. The molecule has 2 aromatic carbocycles. The van der Waals surface area contributed by atoms with Crippen LogP contribution in [0.3, 0.4) is 0 Å². The third-order valence-corrected chi connectivity index (χ3v) is 6.47. The van der Waals surface area contributed by atoms with Gasteiger partial charge in [-0.25, -0.2) is 18.5 Å². The predicted molar refractivity (Wildman–Crippen MR) is 114 cm³/mol. The van der Waals surface area contributed by atoms with Crippen LogP contribution < -0.4 is 9.64 Å². The minimum atomic E-state index is -1.35. The van der Waals surface area contributed by atoms with Crippen molar-refractivity contribution in [2.45, 2.75) is 13.0 Å².